The van der Waals surface area contributed by atoms with Crippen LogP contribution in [-0.2, 0) is 24.4 Å². The van der Waals surface area contributed by atoms with Crippen LogP contribution in [0.15, 0.2) is 91.5 Å². The molecule has 3 fully saturated rings. The zero-order valence-corrected chi connectivity index (χ0v) is 29.8. The first-order chi connectivity index (χ1) is 23.8. The second-order valence-electron chi connectivity index (χ2n) is 14.8. The number of sulfonamides is 1. The fourth-order valence-corrected chi connectivity index (χ4v) is 8.22. The number of hydrogen-bond acceptors (Lipinski definition) is 7. The van der Waals surface area contributed by atoms with Crippen molar-refractivity contribution in [3.05, 3.63) is 97.1 Å². The Labute approximate surface area is 294 Å². The van der Waals surface area contributed by atoms with Crippen molar-refractivity contribution < 1.29 is 27.5 Å². The van der Waals surface area contributed by atoms with Gasteiger partial charge in [-0.15, -0.1) is 6.58 Å². The third-order valence-electron chi connectivity index (χ3n) is 10.1. The van der Waals surface area contributed by atoms with Crippen molar-refractivity contribution in [2.75, 3.05) is 19.0 Å². The van der Waals surface area contributed by atoms with Gasteiger partial charge in [0, 0.05) is 30.1 Å². The molecule has 0 aromatic heterocycles. The van der Waals surface area contributed by atoms with Crippen LogP contribution in [-0.4, -0.2) is 67.6 Å². The molecular formula is C39H46N4O6S. The van der Waals surface area contributed by atoms with Gasteiger partial charge < -0.3 is 20.3 Å². The number of anilines is 1. The lowest BCUT2D eigenvalue weighted by Crippen LogP contribution is -2.58. The van der Waals surface area contributed by atoms with Crippen LogP contribution in [0.5, 0.6) is 5.75 Å². The summed E-state index contributed by atoms with van der Waals surface area (Å²) in [5.74, 6) is -1.48. The maximum Gasteiger partial charge on any atom is 0.259 e. The van der Waals surface area contributed by atoms with E-state index in [2.05, 4.69) is 21.9 Å². The normalized spacial score (nSPS) is 23.8. The van der Waals surface area contributed by atoms with Gasteiger partial charge in [0.1, 0.15) is 23.4 Å². The Morgan fingerprint density at radius 1 is 0.980 bits per heavy atom. The lowest BCUT2D eigenvalue weighted by molar-refractivity contribution is -0.141. The lowest BCUT2D eigenvalue weighted by atomic mass is 9.85. The lowest BCUT2D eigenvalue weighted by Gasteiger charge is -2.36. The smallest absolute Gasteiger partial charge is 0.259 e. The molecule has 264 valence electrons. The van der Waals surface area contributed by atoms with Gasteiger partial charge in [-0.25, -0.2) is 8.42 Å². The monoisotopic (exact) mass is 698 g/mol. The van der Waals surface area contributed by atoms with E-state index in [1.54, 1.807) is 18.1 Å². The molecule has 0 spiro atoms. The summed E-state index contributed by atoms with van der Waals surface area (Å²) in [7, 11) is -2.26. The molecular weight excluding hydrogens is 653 g/mol. The molecule has 2 aliphatic carbocycles. The van der Waals surface area contributed by atoms with E-state index >= 15 is 0 Å². The van der Waals surface area contributed by atoms with Gasteiger partial charge >= 0.3 is 0 Å². The number of nitrogens with one attached hydrogen (secondary N) is 3. The number of carbonyl (C=O) groups is 3. The highest BCUT2D eigenvalue weighted by Crippen LogP contribution is 2.46. The topological polar surface area (TPSA) is 134 Å². The van der Waals surface area contributed by atoms with E-state index in [9.17, 15) is 22.8 Å². The fraction of sp³-hybridized carbons (Fsp3) is 0.410. The molecule has 3 aliphatic rings. The first-order valence-corrected chi connectivity index (χ1v) is 18.7. The number of hydrogen-bond donors (Lipinski definition) is 3. The highest BCUT2D eigenvalue weighted by Gasteiger charge is 2.62. The minimum Gasteiger partial charge on any atom is -0.497 e. The van der Waals surface area contributed by atoms with Crippen molar-refractivity contribution in [1.29, 1.82) is 0 Å². The molecule has 3 aromatic carbocycles. The molecule has 1 saturated heterocycles. The van der Waals surface area contributed by atoms with Gasteiger partial charge in [-0.3, -0.25) is 19.1 Å². The summed E-state index contributed by atoms with van der Waals surface area (Å²) in [6, 6.07) is 23.9. The van der Waals surface area contributed by atoms with Crippen molar-refractivity contribution in [1.82, 2.24) is 14.9 Å². The first kappa shape index (κ1) is 35.2. The van der Waals surface area contributed by atoms with Crippen LogP contribution in [0.2, 0.25) is 0 Å². The van der Waals surface area contributed by atoms with Crippen LogP contribution in [0.3, 0.4) is 0 Å². The molecule has 3 N–H and O–H groups in total. The Hall–Kier alpha value is -4.64. The average Bonchev–Trinajstić information content (AvgIpc) is 4.03. The Balaban J connectivity index is 1.29. The third-order valence-corrected chi connectivity index (χ3v) is 11.9. The molecule has 0 bridgehead atoms. The van der Waals surface area contributed by atoms with Gasteiger partial charge in [0.15, 0.2) is 0 Å². The van der Waals surface area contributed by atoms with Crippen molar-refractivity contribution in [3.8, 4) is 16.9 Å². The van der Waals surface area contributed by atoms with Crippen LogP contribution in [0, 0.1) is 11.3 Å². The largest absolute Gasteiger partial charge is 0.497 e. The first-order valence-electron chi connectivity index (χ1n) is 17.1. The number of rotatable bonds is 12. The van der Waals surface area contributed by atoms with Crippen molar-refractivity contribution >= 4 is 33.4 Å². The standard InChI is InChI=1S/C39H46N4O6S/c1-6-29-23-39(29,37(46)42-50(47,48)32-19-20-32)41-35(44)33-21-28(27-17-15-26(16-18-27)25-11-8-7-9-12-25)24-43(33)36(45)34(38(2,3)4)40-30-13-10-14-31(22-30)49-5/h6-18,22,28-29,32-34,40H,1,19-21,23-24H2,2-5H3,(H,41,44)(H,42,46)/t28-,29-,33+,34+,39-/m1/s1. The SMILES string of the molecule is C=C[C@@H]1C[C@]1(NC(=O)[C@@H]1C[C@@H](c2ccc(-c3ccccc3)cc2)CN1C(=O)[C@H](Nc1cccc(OC)c1)C(C)(C)C)C(=O)NS(=O)(=O)C1CC1. The third kappa shape index (κ3) is 7.28. The molecule has 3 amide bonds. The molecule has 0 unspecified atom stereocenters. The van der Waals surface area contributed by atoms with Gasteiger partial charge in [-0.05, 0) is 59.9 Å². The molecule has 1 aliphatic heterocycles. The summed E-state index contributed by atoms with van der Waals surface area (Å²) in [5.41, 5.74) is 1.83. The number of likely N-dealkylation sites (tertiary alicyclic amines) is 1. The summed E-state index contributed by atoms with van der Waals surface area (Å²) in [5, 5.41) is 5.71. The van der Waals surface area contributed by atoms with Crippen molar-refractivity contribution in [2.45, 2.75) is 75.2 Å². The summed E-state index contributed by atoms with van der Waals surface area (Å²) >= 11 is 0. The number of carbonyl (C=O) groups excluding carboxylic acids is 3. The zero-order chi connectivity index (χ0) is 35.8. The van der Waals surface area contributed by atoms with Gasteiger partial charge in [-0.1, -0.05) is 87.5 Å². The highest BCUT2D eigenvalue weighted by atomic mass is 32.2. The van der Waals surface area contributed by atoms with Gasteiger partial charge in [0.2, 0.25) is 21.8 Å². The second-order valence-corrected chi connectivity index (χ2v) is 16.7. The van der Waals surface area contributed by atoms with E-state index in [1.807, 2.05) is 99.6 Å². The van der Waals surface area contributed by atoms with E-state index in [0.717, 1.165) is 16.7 Å². The Morgan fingerprint density at radius 3 is 2.26 bits per heavy atom. The summed E-state index contributed by atoms with van der Waals surface area (Å²) in [6.45, 7) is 9.99. The van der Waals surface area contributed by atoms with E-state index in [-0.39, 0.29) is 24.8 Å². The number of benzene rings is 3. The van der Waals surface area contributed by atoms with Gasteiger partial charge in [-0.2, -0.15) is 0 Å². The van der Waals surface area contributed by atoms with E-state index < -0.39 is 56.0 Å². The maximum atomic E-state index is 14.7. The summed E-state index contributed by atoms with van der Waals surface area (Å²) in [4.78, 5) is 44.1. The Kier molecular flexibility index (Phi) is 9.56. The minimum atomic E-state index is -3.84. The predicted molar refractivity (Wildman–Crippen MR) is 194 cm³/mol. The van der Waals surface area contributed by atoms with Crippen LogP contribution in [0.4, 0.5) is 5.69 Å². The van der Waals surface area contributed by atoms with E-state index in [1.165, 1.54) is 0 Å². The number of ether oxygens (including phenoxy) is 1. The van der Waals surface area contributed by atoms with Crippen LogP contribution in [0.1, 0.15) is 57.9 Å². The van der Waals surface area contributed by atoms with Gasteiger partial charge in [0.25, 0.3) is 5.91 Å². The number of nitrogens with zero attached hydrogens (tertiary/aromatic N) is 1. The van der Waals surface area contributed by atoms with E-state index in [4.69, 9.17) is 4.74 Å². The zero-order valence-electron chi connectivity index (χ0n) is 29.0. The second kappa shape index (κ2) is 13.6. The maximum absolute atomic E-state index is 14.7. The molecule has 11 heteroatoms. The van der Waals surface area contributed by atoms with Gasteiger partial charge in [0.05, 0.1) is 12.4 Å². The number of amides is 3. The van der Waals surface area contributed by atoms with Crippen LogP contribution in [0.25, 0.3) is 11.1 Å². The molecule has 1 heterocycles. The molecule has 6 rings (SSSR count). The molecule has 5 atom stereocenters. The van der Waals surface area contributed by atoms with Crippen molar-refractivity contribution in [3.63, 3.8) is 0 Å². The molecule has 2 saturated carbocycles. The van der Waals surface area contributed by atoms with Crippen LogP contribution < -0.4 is 20.1 Å². The fourth-order valence-electron chi connectivity index (χ4n) is 6.86. The molecule has 3 aromatic rings. The molecule has 10 nitrogen and oxygen atoms in total. The van der Waals surface area contributed by atoms with E-state index in [0.29, 0.717) is 30.7 Å². The Morgan fingerprint density at radius 2 is 1.66 bits per heavy atom. The minimum absolute atomic E-state index is 0.161. The average molecular weight is 699 g/mol. The Bertz CT molecular complexity index is 1870. The highest BCUT2D eigenvalue weighted by molar-refractivity contribution is 7.91. The van der Waals surface area contributed by atoms with Crippen molar-refractivity contribution in [2.24, 2.45) is 11.3 Å². The summed E-state index contributed by atoms with van der Waals surface area (Å²) in [6.07, 6.45) is 3.11. The molecule has 0 radical (unpaired) electrons. The quantitative estimate of drug-likeness (QED) is 0.220. The number of methoxy groups -OCH3 is 1. The summed E-state index contributed by atoms with van der Waals surface area (Å²) < 4.78 is 33.0. The van der Waals surface area contributed by atoms with Crippen LogP contribution >= 0.6 is 0 Å². The predicted octanol–water partition coefficient (Wildman–Crippen LogP) is 5.24. The molecule has 50 heavy (non-hydrogen) atoms.